The third kappa shape index (κ3) is 6.74. The summed E-state index contributed by atoms with van der Waals surface area (Å²) >= 11 is 6.07. The Morgan fingerprint density at radius 1 is 1.03 bits per heavy atom. The van der Waals surface area contributed by atoms with Crippen LogP contribution in [-0.4, -0.2) is 25.8 Å². The molecule has 0 fully saturated rings. The first-order valence-electron chi connectivity index (χ1n) is 10.1. The van der Waals surface area contributed by atoms with Crippen molar-refractivity contribution in [2.75, 3.05) is 6.54 Å². The highest BCUT2D eigenvalue weighted by molar-refractivity contribution is 7.87. The molecule has 0 spiro atoms. The van der Waals surface area contributed by atoms with Crippen LogP contribution in [0.3, 0.4) is 0 Å². The van der Waals surface area contributed by atoms with E-state index in [4.69, 9.17) is 15.8 Å². The average molecular weight is 452 g/mol. The predicted octanol–water partition coefficient (Wildman–Crippen LogP) is 5.45. The molecule has 0 aromatic heterocycles. The molecule has 30 heavy (non-hydrogen) atoms. The fraction of sp³-hybridized carbons (Fsp3) is 0.435. The number of amides is 1. The minimum absolute atomic E-state index is 0.0295. The molecule has 164 valence electrons. The zero-order valence-corrected chi connectivity index (χ0v) is 19.8. The van der Waals surface area contributed by atoms with Gasteiger partial charge in [-0.25, -0.2) is 0 Å². The van der Waals surface area contributed by atoms with Gasteiger partial charge in [0.2, 0.25) is 5.91 Å². The Hall–Kier alpha value is -2.05. The largest absolute Gasteiger partial charge is 0.379 e. The van der Waals surface area contributed by atoms with Crippen LogP contribution in [0.1, 0.15) is 45.2 Å². The Bertz CT molecular complexity index is 949. The van der Waals surface area contributed by atoms with Gasteiger partial charge in [0, 0.05) is 19.5 Å². The summed E-state index contributed by atoms with van der Waals surface area (Å²) in [6.45, 7) is 11.0. The zero-order chi connectivity index (χ0) is 22.5. The molecule has 0 saturated heterocycles. The van der Waals surface area contributed by atoms with E-state index in [9.17, 15) is 13.2 Å². The molecular weight excluding hydrogens is 422 g/mol. The van der Waals surface area contributed by atoms with E-state index in [1.54, 1.807) is 43.3 Å². The van der Waals surface area contributed by atoms with Gasteiger partial charge in [-0.15, -0.1) is 0 Å². The van der Waals surface area contributed by atoms with Gasteiger partial charge in [0.05, 0.1) is 5.02 Å². The van der Waals surface area contributed by atoms with E-state index in [0.29, 0.717) is 36.9 Å². The first-order valence-corrected chi connectivity index (χ1v) is 11.8. The molecule has 0 N–H and O–H groups in total. The highest BCUT2D eigenvalue weighted by Crippen LogP contribution is 2.28. The molecule has 0 aliphatic carbocycles. The standard InChI is InChI=1S/C23H30ClNO4S/c1-16(2)13-22(26)25(14-17(3)4)15-19-9-11-20(12-10-19)29-30(27,28)23-18(5)7-6-8-21(23)24/h6-12,16-17H,13-15H2,1-5H3. The fourth-order valence-corrected chi connectivity index (χ4v) is 4.87. The van der Waals surface area contributed by atoms with Crippen LogP contribution in [0.4, 0.5) is 0 Å². The Morgan fingerprint density at radius 3 is 2.20 bits per heavy atom. The minimum Gasteiger partial charge on any atom is -0.379 e. The summed E-state index contributed by atoms with van der Waals surface area (Å²) in [5.41, 5.74) is 1.43. The highest BCUT2D eigenvalue weighted by Gasteiger charge is 2.23. The van der Waals surface area contributed by atoms with Crippen LogP contribution in [0.25, 0.3) is 0 Å². The second kappa shape index (κ2) is 10.3. The van der Waals surface area contributed by atoms with Gasteiger partial charge in [-0.3, -0.25) is 4.79 Å². The monoisotopic (exact) mass is 451 g/mol. The van der Waals surface area contributed by atoms with Crippen molar-refractivity contribution in [1.82, 2.24) is 4.90 Å². The second-order valence-corrected chi connectivity index (χ2v) is 10.2. The Kier molecular flexibility index (Phi) is 8.33. The van der Waals surface area contributed by atoms with Crippen LogP contribution >= 0.6 is 11.6 Å². The lowest BCUT2D eigenvalue weighted by Crippen LogP contribution is -2.34. The molecule has 0 aliphatic rings. The summed E-state index contributed by atoms with van der Waals surface area (Å²) in [5.74, 6) is 0.965. The molecule has 2 aromatic rings. The molecule has 2 rings (SSSR count). The molecule has 2 aromatic carbocycles. The first kappa shape index (κ1) is 24.2. The van der Waals surface area contributed by atoms with Crippen molar-refractivity contribution in [3.05, 3.63) is 58.6 Å². The number of aryl methyl sites for hydroxylation is 1. The van der Waals surface area contributed by atoms with Crippen LogP contribution in [-0.2, 0) is 21.5 Å². The number of hydrogen-bond donors (Lipinski definition) is 0. The molecule has 1 amide bonds. The van der Waals surface area contributed by atoms with Crippen molar-refractivity contribution in [2.24, 2.45) is 11.8 Å². The summed E-state index contributed by atoms with van der Waals surface area (Å²) in [6, 6.07) is 11.6. The smallest absolute Gasteiger partial charge is 0.340 e. The lowest BCUT2D eigenvalue weighted by atomic mass is 10.1. The predicted molar refractivity (Wildman–Crippen MR) is 120 cm³/mol. The van der Waals surface area contributed by atoms with E-state index in [0.717, 1.165) is 5.56 Å². The summed E-state index contributed by atoms with van der Waals surface area (Å²) in [5, 5.41) is 0.125. The van der Waals surface area contributed by atoms with E-state index in [1.165, 1.54) is 6.07 Å². The van der Waals surface area contributed by atoms with Crippen molar-refractivity contribution >= 4 is 27.6 Å². The quantitative estimate of drug-likeness (QED) is 0.476. The molecule has 0 bridgehead atoms. The number of benzene rings is 2. The van der Waals surface area contributed by atoms with Gasteiger partial charge < -0.3 is 9.08 Å². The molecule has 7 heteroatoms. The zero-order valence-electron chi connectivity index (χ0n) is 18.2. The summed E-state index contributed by atoms with van der Waals surface area (Å²) in [4.78, 5) is 14.4. The van der Waals surface area contributed by atoms with Crippen molar-refractivity contribution in [3.63, 3.8) is 0 Å². The number of rotatable bonds is 9. The van der Waals surface area contributed by atoms with Crippen LogP contribution in [0.5, 0.6) is 5.75 Å². The molecule has 0 atom stereocenters. The summed E-state index contributed by atoms with van der Waals surface area (Å²) in [6.07, 6.45) is 0.503. The molecule has 0 unspecified atom stereocenters. The van der Waals surface area contributed by atoms with Gasteiger partial charge in [-0.1, -0.05) is 63.6 Å². The molecule has 0 heterocycles. The summed E-state index contributed by atoms with van der Waals surface area (Å²) < 4.78 is 30.6. The first-order chi connectivity index (χ1) is 14.0. The third-order valence-electron chi connectivity index (χ3n) is 4.44. The Morgan fingerprint density at radius 2 is 1.67 bits per heavy atom. The number of halogens is 1. The summed E-state index contributed by atoms with van der Waals surface area (Å²) in [7, 11) is -4.05. The van der Waals surface area contributed by atoms with E-state index in [2.05, 4.69) is 13.8 Å². The van der Waals surface area contributed by atoms with Crippen molar-refractivity contribution < 1.29 is 17.4 Å². The van der Waals surface area contributed by atoms with Crippen molar-refractivity contribution in [3.8, 4) is 5.75 Å². The SMILES string of the molecule is Cc1cccc(Cl)c1S(=O)(=O)Oc1ccc(CN(CC(C)C)C(=O)CC(C)C)cc1. The molecule has 0 aliphatic heterocycles. The van der Waals surface area contributed by atoms with E-state index < -0.39 is 10.1 Å². The van der Waals surface area contributed by atoms with Crippen LogP contribution in [0.2, 0.25) is 5.02 Å². The lowest BCUT2D eigenvalue weighted by Gasteiger charge is -2.25. The molecular formula is C23H30ClNO4S. The van der Waals surface area contributed by atoms with Crippen LogP contribution in [0.15, 0.2) is 47.4 Å². The second-order valence-electron chi connectivity index (χ2n) is 8.33. The van der Waals surface area contributed by atoms with Gasteiger partial charge >= 0.3 is 10.1 Å². The van der Waals surface area contributed by atoms with Gasteiger partial charge in [-0.05, 0) is 48.1 Å². The maximum atomic E-state index is 12.7. The number of nitrogens with zero attached hydrogens (tertiary/aromatic N) is 1. The number of hydrogen-bond acceptors (Lipinski definition) is 4. The Labute approximate surface area is 185 Å². The Balaban J connectivity index is 2.16. The maximum Gasteiger partial charge on any atom is 0.340 e. The highest BCUT2D eigenvalue weighted by atomic mass is 35.5. The van der Waals surface area contributed by atoms with Crippen LogP contribution in [0, 0.1) is 18.8 Å². The maximum absolute atomic E-state index is 12.7. The van der Waals surface area contributed by atoms with E-state index >= 15 is 0 Å². The van der Waals surface area contributed by atoms with E-state index in [-0.39, 0.29) is 21.6 Å². The molecule has 5 nitrogen and oxygen atoms in total. The van der Waals surface area contributed by atoms with E-state index in [1.807, 2.05) is 18.7 Å². The fourth-order valence-electron chi connectivity index (χ4n) is 3.15. The molecule has 0 radical (unpaired) electrons. The molecule has 0 saturated carbocycles. The van der Waals surface area contributed by atoms with Gasteiger partial charge in [0.1, 0.15) is 10.6 Å². The third-order valence-corrected chi connectivity index (χ3v) is 6.32. The normalized spacial score (nSPS) is 11.7. The number of carbonyl (C=O) groups excluding carboxylic acids is 1. The lowest BCUT2D eigenvalue weighted by molar-refractivity contribution is -0.133. The van der Waals surface area contributed by atoms with Gasteiger partial charge in [0.15, 0.2) is 0 Å². The van der Waals surface area contributed by atoms with Crippen molar-refractivity contribution in [1.29, 1.82) is 0 Å². The van der Waals surface area contributed by atoms with Gasteiger partial charge in [0.25, 0.3) is 0 Å². The topological polar surface area (TPSA) is 63.7 Å². The average Bonchev–Trinajstić information content (AvgIpc) is 2.61. The van der Waals surface area contributed by atoms with Gasteiger partial charge in [-0.2, -0.15) is 8.42 Å². The van der Waals surface area contributed by atoms with Crippen LogP contribution < -0.4 is 4.18 Å². The van der Waals surface area contributed by atoms with Crippen molar-refractivity contribution in [2.45, 2.75) is 52.5 Å². The minimum atomic E-state index is -4.05. The number of carbonyl (C=O) groups is 1.